The maximum Gasteiger partial charge on any atom is 0.226 e. The second-order valence-corrected chi connectivity index (χ2v) is 8.70. The first-order chi connectivity index (χ1) is 14.5. The van der Waals surface area contributed by atoms with E-state index in [9.17, 15) is 4.79 Å². The van der Waals surface area contributed by atoms with Crippen molar-refractivity contribution in [2.45, 2.75) is 52.6 Å². The van der Waals surface area contributed by atoms with Crippen LogP contribution in [0.2, 0.25) is 0 Å². The molecule has 1 fully saturated rings. The van der Waals surface area contributed by atoms with Gasteiger partial charge < -0.3 is 14.4 Å². The maximum atomic E-state index is 12.3. The highest BCUT2D eigenvalue weighted by atomic mass is 16.5. The number of amides is 1. The van der Waals surface area contributed by atoms with Gasteiger partial charge in [-0.05, 0) is 24.0 Å². The number of para-hydroxylation sites is 1. The van der Waals surface area contributed by atoms with Gasteiger partial charge in [0.1, 0.15) is 0 Å². The summed E-state index contributed by atoms with van der Waals surface area (Å²) in [4.78, 5) is 24.6. The highest BCUT2D eigenvalue weighted by molar-refractivity contribution is 5.83. The van der Waals surface area contributed by atoms with Crippen molar-refractivity contribution in [3.8, 4) is 0 Å². The van der Waals surface area contributed by atoms with Crippen LogP contribution < -0.4 is 0 Å². The van der Waals surface area contributed by atoms with Crippen molar-refractivity contribution in [1.29, 1.82) is 0 Å². The van der Waals surface area contributed by atoms with Crippen LogP contribution in [0.15, 0.2) is 35.0 Å². The molecule has 0 aliphatic carbocycles. The first kappa shape index (κ1) is 20.6. The quantitative estimate of drug-likeness (QED) is 0.617. The Kier molecular flexibility index (Phi) is 6.18. The number of nitrogens with one attached hydrogen (secondary N) is 1. The lowest BCUT2D eigenvalue weighted by atomic mass is 10.1. The van der Waals surface area contributed by atoms with Crippen molar-refractivity contribution >= 4 is 16.8 Å². The molecule has 1 aromatic carbocycles. The minimum atomic E-state index is 0.111. The van der Waals surface area contributed by atoms with Gasteiger partial charge in [0.05, 0.1) is 0 Å². The molecule has 1 atom stereocenters. The fourth-order valence-corrected chi connectivity index (χ4v) is 4.35. The van der Waals surface area contributed by atoms with Crippen molar-refractivity contribution in [2.24, 2.45) is 5.92 Å². The number of aromatic nitrogens is 3. The third kappa shape index (κ3) is 4.73. The van der Waals surface area contributed by atoms with Gasteiger partial charge in [-0.15, -0.1) is 0 Å². The van der Waals surface area contributed by atoms with Gasteiger partial charge in [0.25, 0.3) is 0 Å². The van der Waals surface area contributed by atoms with Gasteiger partial charge in [0.2, 0.25) is 11.8 Å². The van der Waals surface area contributed by atoms with Crippen LogP contribution in [0, 0.1) is 5.92 Å². The van der Waals surface area contributed by atoms with Crippen molar-refractivity contribution < 1.29 is 9.32 Å². The number of fused-ring (bicyclic) bond motifs is 1. The molecule has 1 aliphatic heterocycles. The Morgan fingerprint density at radius 2 is 2.20 bits per heavy atom. The Balaban J connectivity index is 1.34. The zero-order valence-corrected chi connectivity index (χ0v) is 18.1. The van der Waals surface area contributed by atoms with Crippen molar-refractivity contribution in [2.75, 3.05) is 19.6 Å². The molecular formula is C23H31N5O2. The standard InChI is InChI=1S/C23H31N5O2/c1-16(2)12-23-25-22(26-30-23)9-11-28(17(3)29)19-8-10-27(15-19)14-18-13-24-21-7-5-4-6-20(18)21/h4-7,13,16,19,24H,8-12,14-15H2,1-3H3. The lowest BCUT2D eigenvalue weighted by Crippen LogP contribution is -2.42. The molecule has 4 rings (SSSR count). The van der Waals surface area contributed by atoms with Crippen molar-refractivity contribution in [3.05, 3.63) is 47.7 Å². The predicted molar refractivity (Wildman–Crippen MR) is 116 cm³/mol. The van der Waals surface area contributed by atoms with E-state index in [1.807, 2.05) is 4.90 Å². The molecular weight excluding hydrogens is 378 g/mol. The maximum absolute atomic E-state index is 12.3. The highest BCUT2D eigenvalue weighted by Gasteiger charge is 2.29. The first-order valence-corrected chi connectivity index (χ1v) is 10.9. The van der Waals surface area contributed by atoms with E-state index in [0.717, 1.165) is 32.5 Å². The molecule has 1 unspecified atom stereocenters. The second-order valence-electron chi connectivity index (χ2n) is 8.70. The van der Waals surface area contributed by atoms with Crippen LogP contribution in [0.1, 0.15) is 44.5 Å². The summed E-state index contributed by atoms with van der Waals surface area (Å²) in [6.45, 7) is 9.32. The van der Waals surface area contributed by atoms with E-state index in [4.69, 9.17) is 4.52 Å². The molecule has 2 aromatic heterocycles. The van der Waals surface area contributed by atoms with Gasteiger partial charge in [-0.2, -0.15) is 4.98 Å². The lowest BCUT2D eigenvalue weighted by Gasteiger charge is -2.27. The molecule has 160 valence electrons. The summed E-state index contributed by atoms with van der Waals surface area (Å²) >= 11 is 0. The number of carbonyl (C=O) groups excluding carboxylic acids is 1. The molecule has 30 heavy (non-hydrogen) atoms. The molecule has 7 nitrogen and oxygen atoms in total. The van der Waals surface area contributed by atoms with E-state index in [0.29, 0.717) is 30.6 Å². The van der Waals surface area contributed by atoms with Crippen LogP contribution in [0.25, 0.3) is 10.9 Å². The predicted octanol–water partition coefficient (Wildman–Crippen LogP) is 3.41. The van der Waals surface area contributed by atoms with Crippen LogP contribution in [0.3, 0.4) is 0 Å². The third-order valence-electron chi connectivity index (χ3n) is 5.83. The molecule has 3 aromatic rings. The Morgan fingerprint density at radius 3 is 3.00 bits per heavy atom. The van der Waals surface area contributed by atoms with Crippen LogP contribution >= 0.6 is 0 Å². The summed E-state index contributed by atoms with van der Waals surface area (Å²) in [6, 6.07) is 8.63. The third-order valence-corrected chi connectivity index (χ3v) is 5.83. The Morgan fingerprint density at radius 1 is 1.37 bits per heavy atom. The largest absolute Gasteiger partial charge is 0.361 e. The van der Waals surface area contributed by atoms with E-state index < -0.39 is 0 Å². The topological polar surface area (TPSA) is 78.3 Å². The number of benzene rings is 1. The van der Waals surface area contributed by atoms with E-state index in [2.05, 4.69) is 64.3 Å². The molecule has 7 heteroatoms. The van der Waals surface area contributed by atoms with Gasteiger partial charge >= 0.3 is 0 Å². The van der Waals surface area contributed by atoms with Crippen LogP contribution in [0.5, 0.6) is 0 Å². The monoisotopic (exact) mass is 409 g/mol. The fourth-order valence-electron chi connectivity index (χ4n) is 4.35. The van der Waals surface area contributed by atoms with Gasteiger partial charge in [-0.3, -0.25) is 9.69 Å². The van der Waals surface area contributed by atoms with E-state index in [-0.39, 0.29) is 11.9 Å². The van der Waals surface area contributed by atoms with Crippen LogP contribution in [-0.4, -0.2) is 56.5 Å². The van der Waals surface area contributed by atoms with Gasteiger partial charge in [0.15, 0.2) is 5.82 Å². The second kappa shape index (κ2) is 9.00. The van der Waals surface area contributed by atoms with Gasteiger partial charge in [0, 0.05) is 69.1 Å². The van der Waals surface area contributed by atoms with Crippen LogP contribution in [-0.2, 0) is 24.2 Å². The normalized spacial score (nSPS) is 17.3. The van der Waals surface area contributed by atoms with E-state index in [1.54, 1.807) is 6.92 Å². The molecule has 1 N–H and O–H groups in total. The molecule has 0 radical (unpaired) electrons. The molecule has 0 spiro atoms. The van der Waals surface area contributed by atoms with E-state index >= 15 is 0 Å². The minimum absolute atomic E-state index is 0.111. The lowest BCUT2D eigenvalue weighted by molar-refractivity contribution is -0.130. The van der Waals surface area contributed by atoms with E-state index in [1.165, 1.54) is 16.5 Å². The average molecular weight is 410 g/mol. The zero-order valence-electron chi connectivity index (χ0n) is 18.1. The minimum Gasteiger partial charge on any atom is -0.361 e. The van der Waals surface area contributed by atoms with Crippen molar-refractivity contribution in [1.82, 2.24) is 24.9 Å². The Bertz CT molecular complexity index is 992. The smallest absolute Gasteiger partial charge is 0.226 e. The summed E-state index contributed by atoms with van der Waals surface area (Å²) in [5, 5.41) is 5.36. The van der Waals surface area contributed by atoms with Gasteiger partial charge in [-0.1, -0.05) is 37.2 Å². The number of likely N-dealkylation sites (tertiary alicyclic amines) is 1. The molecule has 1 saturated heterocycles. The van der Waals surface area contributed by atoms with Crippen molar-refractivity contribution in [3.63, 3.8) is 0 Å². The number of hydrogen-bond donors (Lipinski definition) is 1. The number of H-pyrrole nitrogens is 1. The number of carbonyl (C=O) groups is 1. The number of aromatic amines is 1. The number of hydrogen-bond acceptors (Lipinski definition) is 5. The summed E-state index contributed by atoms with van der Waals surface area (Å²) < 4.78 is 5.33. The molecule has 3 heterocycles. The average Bonchev–Trinajstić information content (AvgIpc) is 3.43. The molecule has 0 saturated carbocycles. The summed E-state index contributed by atoms with van der Waals surface area (Å²) in [6.07, 6.45) is 4.51. The molecule has 0 bridgehead atoms. The number of rotatable bonds is 8. The van der Waals surface area contributed by atoms with Gasteiger partial charge in [-0.25, -0.2) is 0 Å². The molecule has 1 aliphatic rings. The highest BCUT2D eigenvalue weighted by Crippen LogP contribution is 2.23. The fraction of sp³-hybridized carbons (Fsp3) is 0.522. The first-order valence-electron chi connectivity index (χ1n) is 10.9. The molecule has 1 amide bonds. The Hall–Kier alpha value is -2.67. The SMILES string of the molecule is CC(=O)N(CCc1noc(CC(C)C)n1)C1CCN(Cc2c[nH]c3ccccc23)C1. The summed E-state index contributed by atoms with van der Waals surface area (Å²) in [7, 11) is 0. The Labute approximate surface area is 177 Å². The number of nitrogens with zero attached hydrogens (tertiary/aromatic N) is 4. The summed E-state index contributed by atoms with van der Waals surface area (Å²) in [5.41, 5.74) is 2.48. The zero-order chi connectivity index (χ0) is 21.1. The van der Waals surface area contributed by atoms with Crippen LogP contribution in [0.4, 0.5) is 0 Å². The summed E-state index contributed by atoms with van der Waals surface area (Å²) in [5.74, 6) is 1.96.